The van der Waals surface area contributed by atoms with Crippen LogP contribution < -0.4 is 10.6 Å². The van der Waals surface area contributed by atoms with Crippen molar-refractivity contribution in [3.63, 3.8) is 0 Å². The molecule has 10 nitrogen and oxygen atoms in total. The third kappa shape index (κ3) is 4.61. The number of anilines is 1. The minimum Gasteiger partial charge on any atom is -0.394 e. The van der Waals surface area contributed by atoms with Gasteiger partial charge in [0.1, 0.15) is 6.04 Å². The first-order chi connectivity index (χ1) is 14.0. The minimum atomic E-state index is -0.991. The van der Waals surface area contributed by atoms with Crippen molar-refractivity contribution >= 4 is 29.3 Å². The molecule has 4 amide bonds. The molecule has 0 aliphatic carbocycles. The summed E-state index contributed by atoms with van der Waals surface area (Å²) >= 11 is 0. The van der Waals surface area contributed by atoms with Crippen LogP contribution in [0.2, 0.25) is 0 Å². The van der Waals surface area contributed by atoms with Gasteiger partial charge in [-0.1, -0.05) is 6.07 Å². The van der Waals surface area contributed by atoms with Crippen LogP contribution in [0.4, 0.5) is 5.69 Å². The topological polar surface area (TPSA) is 134 Å². The summed E-state index contributed by atoms with van der Waals surface area (Å²) in [6, 6.07) is 3.89. The van der Waals surface area contributed by atoms with Gasteiger partial charge in [-0.05, 0) is 18.6 Å². The Balaban J connectivity index is 1.61. The zero-order valence-corrected chi connectivity index (χ0v) is 15.8. The normalized spacial score (nSPS) is 18.8. The summed E-state index contributed by atoms with van der Waals surface area (Å²) in [5.74, 6) is -2.14. The predicted octanol–water partition coefficient (Wildman–Crippen LogP) is -0.475. The van der Waals surface area contributed by atoms with E-state index in [9.17, 15) is 19.2 Å². The summed E-state index contributed by atoms with van der Waals surface area (Å²) in [4.78, 5) is 50.1. The number of piperidine rings is 1. The van der Waals surface area contributed by atoms with Crippen molar-refractivity contribution in [1.82, 2.24) is 10.2 Å². The van der Waals surface area contributed by atoms with Crippen molar-refractivity contribution in [2.24, 2.45) is 0 Å². The summed E-state index contributed by atoms with van der Waals surface area (Å²) in [5.41, 5.74) is 0.923. The van der Waals surface area contributed by atoms with Crippen LogP contribution in [0, 0.1) is 0 Å². The molecule has 0 radical (unpaired) electrons. The summed E-state index contributed by atoms with van der Waals surface area (Å²) in [6.07, 6.45) is 0.194. The van der Waals surface area contributed by atoms with Crippen LogP contribution in [0.25, 0.3) is 0 Å². The number of ether oxygens (including phenoxy) is 2. The van der Waals surface area contributed by atoms with E-state index in [0.717, 1.165) is 4.90 Å². The molecule has 2 heterocycles. The zero-order valence-electron chi connectivity index (χ0n) is 15.8. The average molecular weight is 405 g/mol. The largest absolute Gasteiger partial charge is 0.394 e. The van der Waals surface area contributed by atoms with Crippen LogP contribution in [0.15, 0.2) is 18.2 Å². The van der Waals surface area contributed by atoms with Gasteiger partial charge in [0.2, 0.25) is 11.8 Å². The first-order valence-electron chi connectivity index (χ1n) is 9.39. The van der Waals surface area contributed by atoms with Crippen LogP contribution in [-0.2, 0) is 19.1 Å². The molecule has 0 aromatic heterocycles. The van der Waals surface area contributed by atoms with E-state index in [1.807, 2.05) is 0 Å². The molecule has 29 heavy (non-hydrogen) atoms. The fourth-order valence-corrected chi connectivity index (χ4v) is 3.31. The number of benzene rings is 1. The highest BCUT2D eigenvalue weighted by Gasteiger charge is 2.45. The number of carbonyl (C=O) groups is 4. The molecule has 156 valence electrons. The quantitative estimate of drug-likeness (QED) is 0.351. The van der Waals surface area contributed by atoms with E-state index in [0.29, 0.717) is 32.1 Å². The molecule has 3 N–H and O–H groups in total. The van der Waals surface area contributed by atoms with E-state index in [1.165, 1.54) is 0 Å². The Morgan fingerprint density at radius 1 is 1.07 bits per heavy atom. The van der Waals surface area contributed by atoms with E-state index >= 15 is 0 Å². The van der Waals surface area contributed by atoms with Gasteiger partial charge in [-0.25, -0.2) is 0 Å². The van der Waals surface area contributed by atoms with Crippen LogP contribution in [0.3, 0.4) is 0 Å². The second kappa shape index (κ2) is 9.59. The molecule has 1 atom stereocenters. The average Bonchev–Trinajstić information content (AvgIpc) is 2.95. The number of nitrogens with one attached hydrogen (secondary N) is 2. The number of amides is 4. The number of fused-ring (bicyclic) bond motifs is 1. The summed E-state index contributed by atoms with van der Waals surface area (Å²) in [6.45, 7) is 1.72. The van der Waals surface area contributed by atoms with Gasteiger partial charge < -0.3 is 19.9 Å². The highest BCUT2D eigenvalue weighted by Crippen LogP contribution is 2.32. The first kappa shape index (κ1) is 20.9. The molecule has 10 heteroatoms. The van der Waals surface area contributed by atoms with E-state index in [-0.39, 0.29) is 37.2 Å². The highest BCUT2D eigenvalue weighted by molar-refractivity contribution is 6.25. The van der Waals surface area contributed by atoms with Gasteiger partial charge in [0.05, 0.1) is 44.2 Å². The fraction of sp³-hybridized carbons (Fsp3) is 0.474. The Morgan fingerprint density at radius 2 is 1.83 bits per heavy atom. The summed E-state index contributed by atoms with van der Waals surface area (Å²) < 4.78 is 10.5. The van der Waals surface area contributed by atoms with E-state index in [1.54, 1.807) is 18.2 Å². The number of hydrogen-bond donors (Lipinski definition) is 3. The van der Waals surface area contributed by atoms with E-state index < -0.39 is 29.7 Å². The maximum Gasteiger partial charge on any atom is 0.264 e. The van der Waals surface area contributed by atoms with Gasteiger partial charge in [-0.3, -0.25) is 29.4 Å². The molecule has 2 aliphatic heterocycles. The molecule has 1 unspecified atom stereocenters. The lowest BCUT2D eigenvalue weighted by Crippen LogP contribution is -2.54. The van der Waals surface area contributed by atoms with Gasteiger partial charge >= 0.3 is 0 Å². The predicted molar refractivity (Wildman–Crippen MR) is 100 cm³/mol. The number of aliphatic hydroxyl groups is 1. The van der Waals surface area contributed by atoms with Gasteiger partial charge in [-0.15, -0.1) is 0 Å². The van der Waals surface area contributed by atoms with Crippen molar-refractivity contribution in [3.05, 3.63) is 29.3 Å². The smallest absolute Gasteiger partial charge is 0.264 e. The van der Waals surface area contributed by atoms with E-state index in [4.69, 9.17) is 14.6 Å². The molecule has 3 rings (SSSR count). The van der Waals surface area contributed by atoms with Crippen molar-refractivity contribution in [3.8, 4) is 0 Å². The summed E-state index contributed by atoms with van der Waals surface area (Å²) in [7, 11) is 0. The molecule has 0 spiro atoms. The lowest BCUT2D eigenvalue weighted by atomic mass is 10.0. The van der Waals surface area contributed by atoms with Crippen LogP contribution in [-0.4, -0.2) is 79.3 Å². The first-order valence-corrected chi connectivity index (χ1v) is 9.39. The minimum absolute atomic E-state index is 0.0384. The Hall–Kier alpha value is -2.82. The number of rotatable bonds is 10. The Labute approximate surface area is 167 Å². The molecule has 1 aromatic carbocycles. The van der Waals surface area contributed by atoms with Crippen molar-refractivity contribution in [2.75, 3.05) is 44.9 Å². The van der Waals surface area contributed by atoms with Gasteiger partial charge in [-0.2, -0.15) is 0 Å². The SMILES string of the molecule is O=C1CCC(N2C(=O)c3cccc(NCCOCCOCCO)c3C2=O)C(=O)N1. The molecule has 1 fully saturated rings. The standard InChI is InChI=1S/C19H23N3O7/c23-7-9-29-11-10-28-8-6-20-13-3-1-2-12-16(13)19(27)22(18(12)26)14-4-5-15(24)21-17(14)25/h1-3,14,20,23H,4-11H2,(H,21,24,25). The molecular formula is C19H23N3O7. The summed E-state index contributed by atoms with van der Waals surface area (Å²) in [5, 5.41) is 13.9. The lowest BCUT2D eigenvalue weighted by Gasteiger charge is -2.27. The van der Waals surface area contributed by atoms with Crippen LogP contribution in [0.5, 0.6) is 0 Å². The van der Waals surface area contributed by atoms with Crippen molar-refractivity contribution in [2.45, 2.75) is 18.9 Å². The molecule has 0 bridgehead atoms. The molecule has 2 aliphatic rings. The molecule has 0 saturated carbocycles. The number of nitrogens with zero attached hydrogens (tertiary/aromatic N) is 1. The maximum atomic E-state index is 12.9. The third-order valence-corrected chi connectivity index (χ3v) is 4.64. The van der Waals surface area contributed by atoms with Gasteiger partial charge in [0, 0.05) is 18.7 Å². The monoisotopic (exact) mass is 405 g/mol. The Bertz CT molecular complexity index is 811. The Kier molecular flexibility index (Phi) is 6.91. The molecule has 1 aromatic rings. The third-order valence-electron chi connectivity index (χ3n) is 4.64. The maximum absolute atomic E-state index is 12.9. The number of hydrogen-bond acceptors (Lipinski definition) is 8. The van der Waals surface area contributed by atoms with Gasteiger partial charge in [0.15, 0.2) is 0 Å². The number of aliphatic hydroxyl groups excluding tert-OH is 1. The second-order valence-electron chi connectivity index (χ2n) is 6.55. The van der Waals surface area contributed by atoms with Crippen molar-refractivity contribution < 1.29 is 33.8 Å². The van der Waals surface area contributed by atoms with Crippen LogP contribution >= 0.6 is 0 Å². The second-order valence-corrected chi connectivity index (χ2v) is 6.55. The van der Waals surface area contributed by atoms with E-state index in [2.05, 4.69) is 10.6 Å². The van der Waals surface area contributed by atoms with Crippen molar-refractivity contribution in [1.29, 1.82) is 0 Å². The zero-order chi connectivity index (χ0) is 20.8. The lowest BCUT2D eigenvalue weighted by molar-refractivity contribution is -0.136. The van der Waals surface area contributed by atoms with Gasteiger partial charge in [0.25, 0.3) is 11.8 Å². The van der Waals surface area contributed by atoms with Crippen LogP contribution in [0.1, 0.15) is 33.6 Å². The Morgan fingerprint density at radius 3 is 2.55 bits per heavy atom. The molecular weight excluding hydrogens is 382 g/mol. The number of carbonyl (C=O) groups excluding carboxylic acids is 4. The number of imide groups is 2. The highest BCUT2D eigenvalue weighted by atomic mass is 16.5. The molecule has 1 saturated heterocycles. The fourth-order valence-electron chi connectivity index (χ4n) is 3.31.